The molecule has 3 rings (SSSR count). The van der Waals surface area contributed by atoms with Crippen molar-refractivity contribution in [2.75, 3.05) is 5.32 Å². The van der Waals surface area contributed by atoms with Gasteiger partial charge in [-0.1, -0.05) is 12.1 Å². The van der Waals surface area contributed by atoms with Gasteiger partial charge in [-0.3, -0.25) is 19.5 Å². The molecule has 0 bridgehead atoms. The van der Waals surface area contributed by atoms with Gasteiger partial charge in [-0.2, -0.15) is 17.7 Å². The summed E-state index contributed by atoms with van der Waals surface area (Å²) in [6.45, 7) is 0.929. The Bertz CT molecular complexity index is 1140. The minimum Gasteiger partial charge on any atom is -0.335 e. The number of nitrogens with one attached hydrogen (secondary N) is 3. The van der Waals surface area contributed by atoms with Crippen molar-refractivity contribution in [2.45, 2.75) is 13.1 Å². The Morgan fingerprint density at radius 1 is 1.19 bits per heavy atom. The van der Waals surface area contributed by atoms with Crippen LogP contribution in [0.3, 0.4) is 0 Å². The van der Waals surface area contributed by atoms with E-state index in [1.165, 1.54) is 18.2 Å². The van der Waals surface area contributed by atoms with Crippen LogP contribution in [0.5, 0.6) is 0 Å². The zero-order valence-electron chi connectivity index (χ0n) is 13.0. The number of carbonyl (C=O) groups is 1. The number of para-hydroxylation sites is 1. The number of amides is 1. The van der Waals surface area contributed by atoms with Crippen molar-refractivity contribution in [3.63, 3.8) is 0 Å². The fourth-order valence-electron chi connectivity index (χ4n) is 2.43. The minimum absolute atomic E-state index is 0.276. The smallest absolute Gasteiger partial charge is 0.335 e. The summed E-state index contributed by atoms with van der Waals surface area (Å²) in [5, 5.41) is 4.08. The molecule has 0 aliphatic rings. The molecule has 2 heterocycles. The molecule has 1 amide bonds. The lowest BCUT2D eigenvalue weighted by Crippen LogP contribution is -2.25. The molecular formula is C15H10F4N4O3. The van der Waals surface area contributed by atoms with E-state index < -0.39 is 51.5 Å². The number of halogens is 4. The van der Waals surface area contributed by atoms with E-state index in [1.807, 2.05) is 10.1 Å². The lowest BCUT2D eigenvalue weighted by molar-refractivity contribution is -0.141. The minimum atomic E-state index is -4.91. The Morgan fingerprint density at radius 3 is 2.46 bits per heavy atom. The van der Waals surface area contributed by atoms with Gasteiger partial charge in [0.05, 0.1) is 5.69 Å². The second-order valence-corrected chi connectivity index (χ2v) is 5.36. The summed E-state index contributed by atoms with van der Waals surface area (Å²) < 4.78 is 53.4. The highest BCUT2D eigenvalue weighted by molar-refractivity contribution is 6.08. The zero-order chi connectivity index (χ0) is 19.2. The maximum Gasteiger partial charge on any atom is 0.431 e. The monoisotopic (exact) mass is 370 g/mol. The van der Waals surface area contributed by atoms with Crippen molar-refractivity contribution >= 4 is 17.2 Å². The van der Waals surface area contributed by atoms with Crippen LogP contribution in [-0.4, -0.2) is 20.5 Å². The molecule has 3 aromatic rings. The number of H-pyrrole nitrogens is 2. The maximum atomic E-state index is 13.6. The summed E-state index contributed by atoms with van der Waals surface area (Å²) in [7, 11) is 0. The predicted molar refractivity (Wildman–Crippen MR) is 82.7 cm³/mol. The molecule has 0 fully saturated rings. The van der Waals surface area contributed by atoms with Crippen LogP contribution >= 0.6 is 0 Å². The number of hydrogen-bond donors (Lipinski definition) is 3. The fourth-order valence-corrected chi connectivity index (χ4v) is 2.43. The van der Waals surface area contributed by atoms with Gasteiger partial charge < -0.3 is 10.3 Å². The summed E-state index contributed by atoms with van der Waals surface area (Å²) in [5.74, 6) is -1.98. The average Bonchev–Trinajstić information content (AvgIpc) is 2.88. The van der Waals surface area contributed by atoms with Crippen LogP contribution in [0.25, 0.3) is 5.65 Å². The predicted octanol–water partition coefficient (Wildman–Crippen LogP) is 2.03. The van der Waals surface area contributed by atoms with Crippen molar-refractivity contribution in [1.29, 1.82) is 0 Å². The number of alkyl halides is 3. The van der Waals surface area contributed by atoms with Crippen molar-refractivity contribution < 1.29 is 22.4 Å². The number of hydrogen-bond acceptors (Lipinski definition) is 3. The van der Waals surface area contributed by atoms with Crippen molar-refractivity contribution in [2.24, 2.45) is 0 Å². The first-order valence-electron chi connectivity index (χ1n) is 7.12. The standard InChI is InChI=1S/C15H10F4N4O3/c1-6-10(15(17,18)19)21-11-9(13(25)22-23(11)14(6)26)12(24)20-8-5-3-2-4-7(8)16/h2-5,21H,1H3,(H,20,24)(H,22,25). The van der Waals surface area contributed by atoms with Gasteiger partial charge in [-0.25, -0.2) is 4.39 Å². The molecule has 0 aliphatic heterocycles. The normalized spacial score (nSPS) is 11.7. The van der Waals surface area contributed by atoms with E-state index in [-0.39, 0.29) is 5.69 Å². The van der Waals surface area contributed by atoms with Crippen LogP contribution in [0.1, 0.15) is 21.6 Å². The number of nitrogens with zero attached hydrogens (tertiary/aromatic N) is 1. The van der Waals surface area contributed by atoms with Crippen LogP contribution in [0, 0.1) is 12.7 Å². The van der Waals surface area contributed by atoms with Crippen LogP contribution in [0.15, 0.2) is 33.9 Å². The Morgan fingerprint density at radius 2 is 1.85 bits per heavy atom. The summed E-state index contributed by atoms with van der Waals surface area (Å²) >= 11 is 0. The lowest BCUT2D eigenvalue weighted by atomic mass is 10.2. The third-order valence-electron chi connectivity index (χ3n) is 3.68. The summed E-state index contributed by atoms with van der Waals surface area (Å²) in [4.78, 5) is 38.3. The topological polar surface area (TPSA) is 99.2 Å². The molecule has 2 aromatic heterocycles. The number of aromatic nitrogens is 3. The molecule has 136 valence electrons. The summed E-state index contributed by atoms with van der Waals surface area (Å²) in [5.41, 5.74) is -6.05. The molecule has 0 spiro atoms. The van der Waals surface area contributed by atoms with E-state index in [4.69, 9.17) is 0 Å². The third kappa shape index (κ3) is 2.76. The molecule has 7 nitrogen and oxygen atoms in total. The first-order valence-corrected chi connectivity index (χ1v) is 7.12. The van der Waals surface area contributed by atoms with Crippen LogP contribution in [-0.2, 0) is 6.18 Å². The highest BCUT2D eigenvalue weighted by Gasteiger charge is 2.36. The molecule has 3 N–H and O–H groups in total. The number of rotatable bonds is 2. The Hall–Kier alpha value is -3.37. The maximum absolute atomic E-state index is 13.6. The Kier molecular flexibility index (Phi) is 3.93. The van der Waals surface area contributed by atoms with E-state index in [0.29, 0.717) is 4.52 Å². The van der Waals surface area contributed by atoms with Crippen molar-refractivity contribution in [1.82, 2.24) is 14.6 Å². The molecule has 0 aliphatic carbocycles. The lowest BCUT2D eigenvalue weighted by Gasteiger charge is -2.11. The molecule has 0 saturated carbocycles. The quantitative estimate of drug-likeness (QED) is 0.602. The Labute approximate surface area is 141 Å². The van der Waals surface area contributed by atoms with Crippen LogP contribution < -0.4 is 16.4 Å². The van der Waals surface area contributed by atoms with Crippen molar-refractivity contribution in [3.8, 4) is 0 Å². The molecule has 0 atom stereocenters. The SMILES string of the molecule is Cc1c(C(F)(F)F)[nH]c2c(C(=O)Nc3ccccc3F)c(=O)[nH]n2c1=O. The number of aromatic amines is 2. The second-order valence-electron chi connectivity index (χ2n) is 5.36. The average molecular weight is 370 g/mol. The first-order chi connectivity index (χ1) is 12.1. The number of fused-ring (bicyclic) bond motifs is 1. The highest BCUT2D eigenvalue weighted by atomic mass is 19.4. The zero-order valence-corrected chi connectivity index (χ0v) is 13.0. The molecule has 26 heavy (non-hydrogen) atoms. The van der Waals surface area contributed by atoms with Gasteiger partial charge in [0.15, 0.2) is 5.65 Å². The largest absolute Gasteiger partial charge is 0.431 e. The van der Waals surface area contributed by atoms with Gasteiger partial charge >= 0.3 is 6.18 Å². The second kappa shape index (κ2) is 5.86. The summed E-state index contributed by atoms with van der Waals surface area (Å²) in [6, 6.07) is 5.02. The third-order valence-corrected chi connectivity index (χ3v) is 3.68. The van der Waals surface area contributed by atoms with Gasteiger partial charge in [0, 0.05) is 5.56 Å². The highest BCUT2D eigenvalue weighted by Crippen LogP contribution is 2.29. The van der Waals surface area contributed by atoms with Gasteiger partial charge in [-0.15, -0.1) is 0 Å². The first kappa shape index (κ1) is 17.5. The van der Waals surface area contributed by atoms with Gasteiger partial charge in [0.25, 0.3) is 17.0 Å². The molecule has 0 unspecified atom stereocenters. The fraction of sp³-hybridized carbons (Fsp3) is 0.133. The van der Waals surface area contributed by atoms with Crippen molar-refractivity contribution in [3.05, 3.63) is 67.6 Å². The van der Waals surface area contributed by atoms with E-state index in [9.17, 15) is 31.9 Å². The molecule has 0 radical (unpaired) electrons. The Balaban J connectivity index is 2.21. The van der Waals surface area contributed by atoms with E-state index in [1.54, 1.807) is 0 Å². The number of carbonyl (C=O) groups excluding carboxylic acids is 1. The molecular weight excluding hydrogens is 360 g/mol. The van der Waals surface area contributed by atoms with E-state index in [2.05, 4.69) is 5.32 Å². The van der Waals surface area contributed by atoms with Gasteiger partial charge in [0.2, 0.25) is 0 Å². The van der Waals surface area contributed by atoms with Crippen LogP contribution in [0.2, 0.25) is 0 Å². The van der Waals surface area contributed by atoms with Gasteiger partial charge in [0.1, 0.15) is 17.1 Å². The molecule has 11 heteroatoms. The summed E-state index contributed by atoms with van der Waals surface area (Å²) in [6.07, 6.45) is -4.91. The number of anilines is 1. The van der Waals surface area contributed by atoms with E-state index in [0.717, 1.165) is 13.0 Å². The molecule has 1 aromatic carbocycles. The molecule has 0 saturated heterocycles. The number of benzene rings is 1. The van der Waals surface area contributed by atoms with Gasteiger partial charge in [-0.05, 0) is 19.1 Å². The van der Waals surface area contributed by atoms with E-state index >= 15 is 0 Å². The van der Waals surface area contributed by atoms with Crippen LogP contribution in [0.4, 0.5) is 23.2 Å².